The van der Waals surface area contributed by atoms with Gasteiger partial charge in [-0.15, -0.1) is 0 Å². The Balaban J connectivity index is 1.67. The van der Waals surface area contributed by atoms with Crippen LogP contribution >= 0.6 is 0 Å². The highest BCUT2D eigenvalue weighted by Gasteiger charge is 2.34. The number of likely N-dealkylation sites (N-methyl/N-ethyl adjacent to an activating group) is 1. The molecule has 0 aromatic heterocycles. The van der Waals surface area contributed by atoms with Crippen LogP contribution in [-0.2, 0) is 19.6 Å². The van der Waals surface area contributed by atoms with Crippen molar-refractivity contribution < 1.29 is 23.9 Å². The van der Waals surface area contributed by atoms with Crippen molar-refractivity contribution >= 4 is 18.1 Å². The summed E-state index contributed by atoms with van der Waals surface area (Å²) in [4.78, 5) is 46.5. The van der Waals surface area contributed by atoms with Crippen LogP contribution in [-0.4, -0.2) is 85.0 Å². The fraction of sp³-hybridized carbons (Fsp3) is 0.500. The van der Waals surface area contributed by atoms with Gasteiger partial charge in [0.1, 0.15) is 5.75 Å². The molecule has 10 nitrogen and oxygen atoms in total. The van der Waals surface area contributed by atoms with Gasteiger partial charge in [0.2, 0.25) is 0 Å². The van der Waals surface area contributed by atoms with Crippen molar-refractivity contribution in [2.24, 2.45) is 5.73 Å². The number of nitrogens with zero attached hydrogens (tertiary/aromatic N) is 4. The third-order valence-corrected chi connectivity index (χ3v) is 7.83. The summed E-state index contributed by atoms with van der Waals surface area (Å²) in [6.07, 6.45) is -1.61. The zero-order chi connectivity index (χ0) is 29.3. The van der Waals surface area contributed by atoms with E-state index in [0.29, 0.717) is 29.8 Å². The van der Waals surface area contributed by atoms with E-state index in [2.05, 4.69) is 35.0 Å². The number of hydrogen-bond donors (Lipinski definition) is 1. The van der Waals surface area contributed by atoms with E-state index < -0.39 is 12.2 Å². The van der Waals surface area contributed by atoms with Gasteiger partial charge in [-0.05, 0) is 54.6 Å². The van der Waals surface area contributed by atoms with Crippen LogP contribution in [0.25, 0.3) is 0 Å². The van der Waals surface area contributed by atoms with E-state index in [0.717, 1.165) is 43.9 Å². The van der Waals surface area contributed by atoms with E-state index >= 15 is 0 Å². The number of amides is 3. The van der Waals surface area contributed by atoms with E-state index in [4.69, 9.17) is 15.2 Å². The van der Waals surface area contributed by atoms with Gasteiger partial charge in [-0.1, -0.05) is 32.0 Å². The summed E-state index contributed by atoms with van der Waals surface area (Å²) >= 11 is 0. The molecule has 3 amide bonds. The average molecular weight is 552 g/mol. The Morgan fingerprint density at radius 3 is 2.20 bits per heavy atom. The van der Waals surface area contributed by atoms with Crippen molar-refractivity contribution in [1.29, 1.82) is 0 Å². The van der Waals surface area contributed by atoms with Crippen LogP contribution in [0, 0.1) is 13.8 Å². The molecule has 2 aromatic rings. The zero-order valence-electron chi connectivity index (χ0n) is 24.7. The molecule has 2 heterocycles. The molecule has 2 aliphatic rings. The van der Waals surface area contributed by atoms with Gasteiger partial charge >= 0.3 is 12.2 Å². The lowest BCUT2D eigenvalue weighted by molar-refractivity contribution is 0.0747. The molecule has 216 valence electrons. The summed E-state index contributed by atoms with van der Waals surface area (Å²) in [5, 5.41) is 0. The van der Waals surface area contributed by atoms with E-state index in [-0.39, 0.29) is 28.9 Å². The number of rotatable bonds is 6. The lowest BCUT2D eigenvalue weighted by atomic mass is 9.90. The molecule has 0 aliphatic carbocycles. The number of nitrogens with two attached hydrogens (primary N) is 1. The maximum absolute atomic E-state index is 14.1. The number of ether oxygens (including phenoxy) is 2. The Kier molecular flexibility index (Phi) is 8.70. The third kappa shape index (κ3) is 6.08. The first kappa shape index (κ1) is 29.4. The van der Waals surface area contributed by atoms with Gasteiger partial charge in [0.05, 0.1) is 5.56 Å². The minimum absolute atomic E-state index is 0.0452. The summed E-state index contributed by atoms with van der Waals surface area (Å²) < 4.78 is 11.2. The van der Waals surface area contributed by atoms with Crippen LogP contribution in [0.2, 0.25) is 0 Å². The van der Waals surface area contributed by atoms with Crippen molar-refractivity contribution in [3.8, 4) is 11.5 Å². The first-order valence-corrected chi connectivity index (χ1v) is 13.7. The summed E-state index contributed by atoms with van der Waals surface area (Å²) in [7, 11) is 5.31. The molecule has 2 aromatic carbocycles. The summed E-state index contributed by atoms with van der Waals surface area (Å²) in [5.41, 5.74) is 10.8. The third-order valence-electron chi connectivity index (χ3n) is 7.83. The maximum Gasteiger partial charge on any atom is 0.414 e. The van der Waals surface area contributed by atoms with Crippen LogP contribution in [0.3, 0.4) is 0 Å². The number of hydrogen-bond acceptors (Lipinski definition) is 7. The molecule has 40 heavy (non-hydrogen) atoms. The highest BCUT2D eigenvalue weighted by molar-refractivity contribution is 6.01. The lowest BCUT2D eigenvalue weighted by Crippen LogP contribution is -2.43. The second-order valence-electron chi connectivity index (χ2n) is 11.4. The first-order valence-electron chi connectivity index (χ1n) is 13.7. The Morgan fingerprint density at radius 1 is 0.950 bits per heavy atom. The summed E-state index contributed by atoms with van der Waals surface area (Å²) in [6, 6.07) is 6.45. The van der Waals surface area contributed by atoms with Crippen molar-refractivity contribution in [2.75, 3.05) is 47.3 Å². The van der Waals surface area contributed by atoms with Crippen molar-refractivity contribution in [2.45, 2.75) is 53.2 Å². The van der Waals surface area contributed by atoms with Gasteiger partial charge in [0.15, 0.2) is 5.75 Å². The number of fused-ring (bicyclic) bond motifs is 1. The molecule has 10 heteroatoms. The molecule has 0 unspecified atom stereocenters. The molecule has 0 bridgehead atoms. The largest absolute Gasteiger partial charge is 0.414 e. The molecule has 2 aliphatic heterocycles. The van der Waals surface area contributed by atoms with E-state index in [1.54, 1.807) is 32.8 Å². The summed E-state index contributed by atoms with van der Waals surface area (Å²) in [6.45, 7) is 13.3. The molecule has 4 rings (SSSR count). The molecular weight excluding hydrogens is 510 g/mol. The Hall–Kier alpha value is -3.63. The molecule has 1 saturated heterocycles. The normalized spacial score (nSPS) is 15.8. The predicted molar refractivity (Wildman–Crippen MR) is 153 cm³/mol. The second-order valence-corrected chi connectivity index (χ2v) is 11.4. The standard InChI is InChI=1S/C30H41N5O5/c1-18(2)24-26(40-30(38)32(5)6)20(4)19(3)25(27(24)39-29(31)37)28(36)35-16-22-9-8-21(14-23(22)17-35)15-34-12-10-33(7)11-13-34/h8-9,14,18H,10-13,15-17H2,1-7H3,(H2,31,37). The predicted octanol–water partition coefficient (Wildman–Crippen LogP) is 3.85. The Morgan fingerprint density at radius 2 is 1.60 bits per heavy atom. The molecule has 0 radical (unpaired) electrons. The van der Waals surface area contributed by atoms with Crippen molar-refractivity contribution in [3.63, 3.8) is 0 Å². The van der Waals surface area contributed by atoms with Crippen LogP contribution in [0.15, 0.2) is 18.2 Å². The first-order chi connectivity index (χ1) is 18.9. The number of carbonyl (C=O) groups is 3. The van der Waals surface area contributed by atoms with Crippen LogP contribution in [0.1, 0.15) is 63.5 Å². The SMILES string of the molecule is Cc1c(C)c(C(=O)N2Cc3ccc(CN4CCN(C)CC4)cc3C2)c(OC(N)=O)c(C(C)C)c1OC(=O)N(C)C. The van der Waals surface area contributed by atoms with Gasteiger partial charge in [0, 0.05) is 65.5 Å². The summed E-state index contributed by atoms with van der Waals surface area (Å²) in [5.74, 6) is -0.180. The molecule has 0 atom stereocenters. The van der Waals surface area contributed by atoms with Crippen molar-refractivity contribution in [3.05, 3.63) is 57.1 Å². The minimum Gasteiger partial charge on any atom is -0.409 e. The van der Waals surface area contributed by atoms with Gasteiger partial charge < -0.3 is 29.9 Å². The maximum atomic E-state index is 14.1. The fourth-order valence-electron chi connectivity index (χ4n) is 5.38. The van der Waals surface area contributed by atoms with Crippen LogP contribution in [0.4, 0.5) is 9.59 Å². The van der Waals surface area contributed by atoms with E-state index in [1.807, 2.05) is 13.8 Å². The molecular formula is C30H41N5O5. The molecule has 0 spiro atoms. The van der Waals surface area contributed by atoms with Crippen LogP contribution < -0.4 is 15.2 Å². The Labute approximate surface area is 236 Å². The van der Waals surface area contributed by atoms with Gasteiger partial charge in [0.25, 0.3) is 5.91 Å². The van der Waals surface area contributed by atoms with Gasteiger partial charge in [-0.2, -0.15) is 0 Å². The quantitative estimate of drug-likeness (QED) is 0.581. The van der Waals surface area contributed by atoms with Crippen molar-refractivity contribution in [1.82, 2.24) is 19.6 Å². The fourth-order valence-corrected chi connectivity index (χ4v) is 5.38. The molecule has 0 saturated carbocycles. The van der Waals surface area contributed by atoms with E-state index in [9.17, 15) is 14.4 Å². The highest BCUT2D eigenvalue weighted by atomic mass is 16.6. The lowest BCUT2D eigenvalue weighted by Gasteiger charge is -2.32. The second kappa shape index (κ2) is 11.9. The minimum atomic E-state index is -1.04. The zero-order valence-corrected chi connectivity index (χ0v) is 24.7. The topological polar surface area (TPSA) is 109 Å². The van der Waals surface area contributed by atoms with Gasteiger partial charge in [-0.25, -0.2) is 9.59 Å². The number of benzene rings is 2. The molecule has 1 fully saturated rings. The Bertz CT molecular complexity index is 1310. The van der Waals surface area contributed by atoms with Crippen LogP contribution in [0.5, 0.6) is 11.5 Å². The number of carbonyl (C=O) groups excluding carboxylic acids is 3. The smallest absolute Gasteiger partial charge is 0.409 e. The average Bonchev–Trinajstić information content (AvgIpc) is 3.31. The number of primary amides is 1. The van der Waals surface area contributed by atoms with Gasteiger partial charge in [-0.3, -0.25) is 9.69 Å². The van der Waals surface area contributed by atoms with E-state index in [1.165, 1.54) is 10.5 Å². The number of piperazine rings is 1. The highest BCUT2D eigenvalue weighted by Crippen LogP contribution is 2.44. The monoisotopic (exact) mass is 551 g/mol. The molecule has 2 N–H and O–H groups in total.